The monoisotopic (exact) mass is 338 g/mol. The minimum absolute atomic E-state index is 0.0602. The van der Waals surface area contributed by atoms with Crippen molar-refractivity contribution in [2.45, 2.75) is 25.6 Å². The van der Waals surface area contributed by atoms with Gasteiger partial charge in [-0.1, -0.05) is 13.0 Å². The van der Waals surface area contributed by atoms with Gasteiger partial charge in [0.25, 0.3) is 0 Å². The first kappa shape index (κ1) is 16.4. The highest BCUT2D eigenvalue weighted by molar-refractivity contribution is 5.94. The molecule has 0 bridgehead atoms. The highest BCUT2D eigenvalue weighted by Crippen LogP contribution is 2.44. The molecule has 0 radical (unpaired) electrons. The van der Waals surface area contributed by atoms with E-state index < -0.39 is 17.3 Å². The molecule has 4 nitrogen and oxygen atoms in total. The molecule has 1 aromatic carbocycles. The number of aromatic nitrogens is 1. The van der Waals surface area contributed by atoms with Gasteiger partial charge in [-0.15, -0.1) is 6.58 Å². The van der Waals surface area contributed by atoms with Crippen molar-refractivity contribution in [3.8, 4) is 5.75 Å². The first-order chi connectivity index (χ1) is 11.4. The maximum Gasteiger partial charge on any atom is 0.417 e. The van der Waals surface area contributed by atoms with Gasteiger partial charge in [0.05, 0.1) is 28.2 Å². The number of nitrogens with one attached hydrogen (secondary N) is 1. The Labute approximate surface area is 136 Å². The molecule has 2 aromatic rings. The van der Waals surface area contributed by atoms with E-state index in [2.05, 4.69) is 11.6 Å². The number of hydrogen-bond donors (Lipinski definition) is 1. The van der Waals surface area contributed by atoms with Gasteiger partial charge in [-0.3, -0.25) is 4.79 Å². The number of alkyl halides is 3. The number of rotatable bonds is 3. The molecule has 0 saturated heterocycles. The van der Waals surface area contributed by atoms with E-state index in [1.165, 1.54) is 6.07 Å². The minimum atomic E-state index is -4.64. The predicted octanol–water partition coefficient (Wildman–Crippen LogP) is 3.71. The van der Waals surface area contributed by atoms with Crippen LogP contribution in [-0.2, 0) is 6.18 Å². The molecule has 1 N–H and O–H groups in total. The van der Waals surface area contributed by atoms with Crippen molar-refractivity contribution in [3.63, 3.8) is 0 Å². The summed E-state index contributed by atoms with van der Waals surface area (Å²) in [5.74, 6) is 0.155. The van der Waals surface area contributed by atoms with E-state index in [1.54, 1.807) is 12.1 Å². The van der Waals surface area contributed by atoms with E-state index >= 15 is 0 Å². The summed E-state index contributed by atoms with van der Waals surface area (Å²) < 4.78 is 45.9. The van der Waals surface area contributed by atoms with Crippen LogP contribution < -0.4 is 15.2 Å². The van der Waals surface area contributed by atoms with Crippen LogP contribution in [0.2, 0.25) is 0 Å². The summed E-state index contributed by atoms with van der Waals surface area (Å²) in [5.41, 5.74) is -1.08. The van der Waals surface area contributed by atoms with Crippen LogP contribution in [0, 0.1) is 0 Å². The zero-order chi connectivity index (χ0) is 17.5. The number of anilines is 1. The molecular weight excluding hydrogens is 321 g/mol. The molecule has 1 unspecified atom stereocenters. The van der Waals surface area contributed by atoms with Gasteiger partial charge in [-0.25, -0.2) is 0 Å². The third kappa shape index (κ3) is 2.64. The number of ether oxygens (including phenoxy) is 1. The molecule has 1 aliphatic rings. The number of hydrogen-bond acceptors (Lipinski definition) is 3. The normalized spacial score (nSPS) is 17.5. The fourth-order valence-electron chi connectivity index (χ4n) is 3.10. The largest absolute Gasteiger partial charge is 0.489 e. The van der Waals surface area contributed by atoms with E-state index in [0.29, 0.717) is 18.3 Å². The molecule has 3 rings (SSSR count). The van der Waals surface area contributed by atoms with E-state index in [1.807, 2.05) is 11.8 Å². The lowest BCUT2D eigenvalue weighted by Crippen LogP contribution is -2.42. The van der Waals surface area contributed by atoms with Gasteiger partial charge in [0.2, 0.25) is 5.56 Å². The quantitative estimate of drug-likeness (QED) is 0.868. The van der Waals surface area contributed by atoms with Crippen LogP contribution in [0.3, 0.4) is 0 Å². The van der Waals surface area contributed by atoms with Crippen LogP contribution in [-0.4, -0.2) is 24.2 Å². The molecule has 0 saturated carbocycles. The lowest BCUT2D eigenvalue weighted by atomic mass is 10.0. The summed E-state index contributed by atoms with van der Waals surface area (Å²) in [6, 6.07) is 3.81. The van der Waals surface area contributed by atoms with Crippen molar-refractivity contribution < 1.29 is 17.9 Å². The van der Waals surface area contributed by atoms with Gasteiger partial charge >= 0.3 is 6.18 Å². The van der Waals surface area contributed by atoms with E-state index in [9.17, 15) is 18.0 Å². The van der Waals surface area contributed by atoms with Crippen molar-refractivity contribution in [1.29, 1.82) is 0 Å². The second-order valence-electron chi connectivity index (χ2n) is 5.70. The van der Waals surface area contributed by atoms with Crippen molar-refractivity contribution in [3.05, 3.63) is 46.8 Å². The third-order valence-electron chi connectivity index (χ3n) is 4.21. The number of aromatic amines is 1. The summed E-state index contributed by atoms with van der Waals surface area (Å²) in [7, 11) is 0. The van der Waals surface area contributed by atoms with E-state index in [-0.39, 0.29) is 29.3 Å². The molecule has 0 amide bonds. The molecule has 24 heavy (non-hydrogen) atoms. The molecule has 1 aromatic heterocycles. The summed E-state index contributed by atoms with van der Waals surface area (Å²) in [6.07, 6.45) is -2.14. The Hall–Kier alpha value is -2.44. The molecule has 1 aliphatic heterocycles. The van der Waals surface area contributed by atoms with Crippen molar-refractivity contribution in [1.82, 2.24) is 4.98 Å². The highest BCUT2D eigenvalue weighted by Gasteiger charge is 2.37. The Balaban J connectivity index is 2.32. The van der Waals surface area contributed by atoms with Crippen LogP contribution in [0.1, 0.15) is 18.9 Å². The molecule has 0 fully saturated rings. The minimum Gasteiger partial charge on any atom is -0.489 e. The lowest BCUT2D eigenvalue weighted by Gasteiger charge is -2.38. The van der Waals surface area contributed by atoms with Crippen LogP contribution >= 0.6 is 0 Å². The van der Waals surface area contributed by atoms with Crippen molar-refractivity contribution >= 4 is 16.6 Å². The standard InChI is InChI=1S/C17H17F3N2O2/c1-3-7-22-10(4-2)9-24-16-13(22)6-5-12-15(16)11(17(18,19)20)8-14(23)21-12/h3,5-6,8,10H,1,4,7,9H2,2H3,(H,21,23). The Bertz CT molecular complexity index is 842. The first-order valence-corrected chi connectivity index (χ1v) is 7.64. The topological polar surface area (TPSA) is 45.3 Å². The molecule has 128 valence electrons. The zero-order valence-electron chi connectivity index (χ0n) is 13.1. The first-order valence-electron chi connectivity index (χ1n) is 7.64. The average molecular weight is 338 g/mol. The van der Waals surface area contributed by atoms with E-state index in [0.717, 1.165) is 6.42 Å². The molecule has 7 heteroatoms. The van der Waals surface area contributed by atoms with Crippen LogP contribution in [0.25, 0.3) is 10.9 Å². The maximum absolute atomic E-state index is 13.4. The summed E-state index contributed by atoms with van der Waals surface area (Å²) in [6.45, 7) is 6.50. The number of pyridine rings is 1. The Kier molecular flexibility index (Phi) is 4.03. The van der Waals surface area contributed by atoms with Gasteiger partial charge in [0.1, 0.15) is 6.61 Å². The van der Waals surface area contributed by atoms with Gasteiger partial charge in [-0.2, -0.15) is 13.2 Å². The molecule has 0 aliphatic carbocycles. The second kappa shape index (κ2) is 5.89. The zero-order valence-corrected chi connectivity index (χ0v) is 13.1. The average Bonchev–Trinajstić information content (AvgIpc) is 2.53. The number of H-pyrrole nitrogens is 1. The number of fused-ring (bicyclic) bond motifs is 3. The number of benzene rings is 1. The molecular formula is C17H17F3N2O2. The third-order valence-corrected chi connectivity index (χ3v) is 4.21. The van der Waals surface area contributed by atoms with Gasteiger partial charge < -0.3 is 14.6 Å². The summed E-state index contributed by atoms with van der Waals surface area (Å²) >= 11 is 0. The van der Waals surface area contributed by atoms with Crippen molar-refractivity contribution in [2.24, 2.45) is 0 Å². The molecule has 2 heterocycles. The number of nitrogens with zero attached hydrogens (tertiary/aromatic N) is 1. The molecule has 1 atom stereocenters. The van der Waals surface area contributed by atoms with Crippen molar-refractivity contribution in [2.75, 3.05) is 18.1 Å². The SMILES string of the molecule is C=CCN1c2ccc3[nH]c(=O)cc(C(F)(F)F)c3c2OCC1CC. The van der Waals surface area contributed by atoms with Crippen LogP contribution in [0.4, 0.5) is 18.9 Å². The Morgan fingerprint density at radius 2 is 2.21 bits per heavy atom. The Morgan fingerprint density at radius 3 is 2.83 bits per heavy atom. The van der Waals surface area contributed by atoms with E-state index in [4.69, 9.17) is 4.74 Å². The molecule has 0 spiro atoms. The van der Waals surface area contributed by atoms with Crippen LogP contribution in [0.5, 0.6) is 5.75 Å². The predicted molar refractivity (Wildman–Crippen MR) is 86.7 cm³/mol. The van der Waals surface area contributed by atoms with Gasteiger partial charge in [0.15, 0.2) is 5.75 Å². The summed E-state index contributed by atoms with van der Waals surface area (Å²) in [4.78, 5) is 16.0. The highest BCUT2D eigenvalue weighted by atomic mass is 19.4. The maximum atomic E-state index is 13.4. The fourth-order valence-corrected chi connectivity index (χ4v) is 3.10. The lowest BCUT2D eigenvalue weighted by molar-refractivity contribution is -0.136. The number of halogens is 3. The second-order valence-corrected chi connectivity index (χ2v) is 5.70. The van der Waals surface area contributed by atoms with Gasteiger partial charge in [-0.05, 0) is 18.6 Å². The van der Waals surface area contributed by atoms with Gasteiger partial charge in [0, 0.05) is 12.6 Å². The van der Waals surface area contributed by atoms with Crippen LogP contribution in [0.15, 0.2) is 35.6 Å². The summed E-state index contributed by atoms with van der Waals surface area (Å²) in [5, 5.41) is -0.108. The fraction of sp³-hybridized carbons (Fsp3) is 0.353. The smallest absolute Gasteiger partial charge is 0.417 e. The Morgan fingerprint density at radius 1 is 1.46 bits per heavy atom.